The van der Waals surface area contributed by atoms with Gasteiger partial charge >= 0.3 is 7.60 Å². The smallest absolute Gasteiger partial charge is 0.352 e. The van der Waals surface area contributed by atoms with E-state index >= 15 is 0 Å². The lowest BCUT2D eigenvalue weighted by atomic mass is 10.0. The third-order valence-electron chi connectivity index (χ3n) is 3.75. The van der Waals surface area contributed by atoms with Gasteiger partial charge in [0.15, 0.2) is 5.78 Å². The van der Waals surface area contributed by atoms with Gasteiger partial charge in [-0.2, -0.15) is 0 Å². The van der Waals surface area contributed by atoms with Gasteiger partial charge < -0.3 is 19.5 Å². The van der Waals surface area contributed by atoms with Crippen LogP contribution in [0.2, 0.25) is 0 Å². The zero-order valence-electron chi connectivity index (χ0n) is 14.7. The van der Waals surface area contributed by atoms with Gasteiger partial charge in [0.25, 0.3) is 0 Å². The lowest BCUT2D eigenvalue weighted by molar-refractivity contribution is 0.102. The van der Waals surface area contributed by atoms with Crippen LogP contribution in [0.4, 0.5) is 0 Å². The molecule has 8 heteroatoms. The highest BCUT2D eigenvalue weighted by Crippen LogP contribution is 2.54. The van der Waals surface area contributed by atoms with Gasteiger partial charge in [0, 0.05) is 24.9 Å². The number of nitrogens with one attached hydrogen (secondary N) is 2. The van der Waals surface area contributed by atoms with E-state index in [1.807, 2.05) is 6.92 Å². The minimum atomic E-state index is -3.60. The van der Waals surface area contributed by atoms with Gasteiger partial charge in [-0.3, -0.25) is 14.7 Å². The maximum Gasteiger partial charge on any atom is 0.352 e. The van der Waals surface area contributed by atoms with Crippen molar-refractivity contribution in [2.75, 3.05) is 26.3 Å². The molecule has 0 radical (unpaired) electrons. The van der Waals surface area contributed by atoms with Crippen LogP contribution in [0.25, 0.3) is 0 Å². The van der Waals surface area contributed by atoms with E-state index in [1.165, 1.54) is 12.3 Å². The highest BCUT2D eigenvalue weighted by Gasteiger charge is 2.41. The second kappa shape index (κ2) is 8.63. The summed E-state index contributed by atoms with van der Waals surface area (Å²) in [5.41, 5.74) is 1.20. The van der Waals surface area contributed by atoms with Crippen LogP contribution in [-0.4, -0.2) is 43.0 Å². The van der Waals surface area contributed by atoms with E-state index in [1.54, 1.807) is 26.0 Å². The van der Waals surface area contributed by atoms with Crippen LogP contribution in [0.3, 0.4) is 0 Å². The Morgan fingerprint density at radius 1 is 1.28 bits per heavy atom. The molecule has 0 saturated carbocycles. The molecule has 138 valence electrons. The van der Waals surface area contributed by atoms with Crippen LogP contribution >= 0.6 is 7.60 Å². The molecule has 1 aromatic rings. The molecule has 25 heavy (non-hydrogen) atoms. The van der Waals surface area contributed by atoms with Crippen molar-refractivity contribution in [3.8, 4) is 5.75 Å². The van der Waals surface area contributed by atoms with Gasteiger partial charge in [-0.1, -0.05) is 11.6 Å². The van der Waals surface area contributed by atoms with Crippen molar-refractivity contribution in [2.24, 2.45) is 0 Å². The highest BCUT2D eigenvalue weighted by atomic mass is 31.2. The van der Waals surface area contributed by atoms with Gasteiger partial charge in [0.1, 0.15) is 11.5 Å². The number of ketones is 1. The average molecular weight is 368 g/mol. The van der Waals surface area contributed by atoms with E-state index in [2.05, 4.69) is 10.6 Å². The largest absolute Gasteiger partial charge is 0.507 e. The van der Waals surface area contributed by atoms with Gasteiger partial charge in [0.05, 0.1) is 18.8 Å². The molecule has 7 nitrogen and oxygen atoms in total. The summed E-state index contributed by atoms with van der Waals surface area (Å²) in [5.74, 6) is -1.45. The minimum Gasteiger partial charge on any atom is -0.507 e. The van der Waals surface area contributed by atoms with E-state index in [0.29, 0.717) is 13.1 Å². The quantitative estimate of drug-likeness (QED) is 0.503. The Labute approximate surface area is 147 Å². The Balaban J connectivity index is 2.46. The first kappa shape index (κ1) is 19.7. The summed E-state index contributed by atoms with van der Waals surface area (Å²) in [6.07, 6.45) is 1.53. The summed E-state index contributed by atoms with van der Waals surface area (Å²) in [5, 5.41) is 16.2. The zero-order chi connectivity index (χ0) is 18.4. The molecule has 0 spiro atoms. The summed E-state index contributed by atoms with van der Waals surface area (Å²) in [4.78, 5) is 13.1. The number of aryl methyl sites for hydroxylation is 1. The molecule has 1 unspecified atom stereocenters. The first-order chi connectivity index (χ1) is 11.9. The van der Waals surface area contributed by atoms with Gasteiger partial charge in [-0.05, 0) is 32.9 Å². The second-order valence-corrected chi connectivity index (χ2v) is 7.75. The summed E-state index contributed by atoms with van der Waals surface area (Å²) >= 11 is 0. The van der Waals surface area contributed by atoms with E-state index in [-0.39, 0.29) is 30.1 Å². The van der Waals surface area contributed by atoms with Crippen LogP contribution < -0.4 is 10.6 Å². The lowest BCUT2D eigenvalue weighted by Crippen LogP contribution is -2.35. The van der Waals surface area contributed by atoms with Crippen molar-refractivity contribution in [2.45, 2.75) is 26.6 Å². The van der Waals surface area contributed by atoms with Crippen molar-refractivity contribution < 1.29 is 23.5 Å². The second-order valence-electron chi connectivity index (χ2n) is 5.64. The highest BCUT2D eigenvalue weighted by molar-refractivity contribution is 7.55. The number of benzene rings is 1. The summed E-state index contributed by atoms with van der Waals surface area (Å²) in [7, 11) is -3.60. The van der Waals surface area contributed by atoms with E-state index in [9.17, 15) is 14.5 Å². The van der Waals surface area contributed by atoms with Gasteiger partial charge in [-0.25, -0.2) is 0 Å². The van der Waals surface area contributed by atoms with Crippen LogP contribution in [0, 0.1) is 6.92 Å². The molecule has 0 bridgehead atoms. The number of carbonyl (C=O) groups excluding carboxylic acids is 1. The van der Waals surface area contributed by atoms with E-state index in [4.69, 9.17) is 9.05 Å². The van der Waals surface area contributed by atoms with Crippen molar-refractivity contribution in [3.05, 3.63) is 41.1 Å². The zero-order valence-corrected chi connectivity index (χ0v) is 15.6. The molecule has 0 aliphatic carbocycles. The molecule has 3 N–H and O–H groups in total. The molecular weight excluding hydrogens is 343 g/mol. The predicted octanol–water partition coefficient (Wildman–Crippen LogP) is 2.55. The number of hydrogen-bond donors (Lipinski definition) is 3. The van der Waals surface area contributed by atoms with Crippen LogP contribution in [0.15, 0.2) is 30.0 Å². The molecule has 0 fully saturated rings. The van der Waals surface area contributed by atoms with E-state index < -0.39 is 19.2 Å². The summed E-state index contributed by atoms with van der Waals surface area (Å²) in [6.45, 7) is 6.71. The fourth-order valence-electron chi connectivity index (χ4n) is 2.66. The van der Waals surface area contributed by atoms with E-state index in [0.717, 1.165) is 5.56 Å². The third-order valence-corrected chi connectivity index (χ3v) is 6.08. The normalized spacial score (nSPS) is 18.2. The molecule has 1 aromatic carbocycles. The maximum absolute atomic E-state index is 13.2. The number of phenols is 1. The number of Topliss-reactive ketones (excluding diaryl/α,β-unsaturated/α-hetero) is 1. The first-order valence-corrected chi connectivity index (χ1v) is 9.94. The number of carbonyl (C=O) groups is 1. The lowest BCUT2D eigenvalue weighted by Gasteiger charge is -2.27. The SMILES string of the molecule is CCOP(=O)(OCC)C1NCCNC=C1C(=O)c1cc(C)ccc1O. The Morgan fingerprint density at radius 3 is 2.60 bits per heavy atom. The fraction of sp³-hybridized carbons (Fsp3) is 0.471. The number of rotatable bonds is 7. The Kier molecular flexibility index (Phi) is 6.79. The topological polar surface area (TPSA) is 96.9 Å². The van der Waals surface area contributed by atoms with Crippen molar-refractivity contribution in [1.29, 1.82) is 0 Å². The third kappa shape index (κ3) is 4.50. The number of phenolic OH excluding ortho intramolecular Hbond substituents is 1. The number of hydrogen-bond acceptors (Lipinski definition) is 7. The minimum absolute atomic E-state index is 0.123. The molecule has 0 amide bonds. The van der Waals surface area contributed by atoms with Crippen LogP contribution in [0.1, 0.15) is 29.8 Å². The Bertz CT molecular complexity index is 694. The molecule has 1 heterocycles. The van der Waals surface area contributed by atoms with Crippen molar-refractivity contribution >= 4 is 13.4 Å². The predicted molar refractivity (Wildman–Crippen MR) is 95.9 cm³/mol. The fourth-order valence-corrected chi connectivity index (χ4v) is 4.64. The first-order valence-electron chi connectivity index (χ1n) is 8.33. The standard InChI is InChI=1S/C17H25N2O5P/c1-4-23-25(22,24-5-2)17-14(11-18-8-9-19-17)16(21)13-10-12(3)6-7-15(13)20/h6-7,10-11,17-20H,4-5,8-9H2,1-3H3. The summed E-state index contributed by atoms with van der Waals surface area (Å²) in [6, 6.07) is 4.79. The molecule has 0 saturated heterocycles. The van der Waals surface area contributed by atoms with Crippen molar-refractivity contribution in [1.82, 2.24) is 10.6 Å². The van der Waals surface area contributed by atoms with Crippen molar-refractivity contribution in [3.63, 3.8) is 0 Å². The maximum atomic E-state index is 13.2. The molecule has 1 atom stereocenters. The van der Waals surface area contributed by atoms with Crippen LogP contribution in [-0.2, 0) is 13.6 Å². The molecular formula is C17H25N2O5P. The number of aromatic hydroxyl groups is 1. The average Bonchev–Trinajstić information content (AvgIpc) is 2.83. The van der Waals surface area contributed by atoms with Gasteiger partial charge in [-0.15, -0.1) is 0 Å². The molecule has 2 rings (SSSR count). The summed E-state index contributed by atoms with van der Waals surface area (Å²) < 4.78 is 24.1. The van der Waals surface area contributed by atoms with Gasteiger partial charge in [0.2, 0.25) is 0 Å². The molecule has 1 aliphatic rings. The van der Waals surface area contributed by atoms with Crippen LogP contribution in [0.5, 0.6) is 5.75 Å². The molecule has 1 aliphatic heterocycles. The Morgan fingerprint density at radius 2 is 1.96 bits per heavy atom. The molecule has 0 aromatic heterocycles. The monoisotopic (exact) mass is 368 g/mol. The Hall–Kier alpha value is -1.66.